The zero-order valence-electron chi connectivity index (χ0n) is 12.5. The van der Waals surface area contributed by atoms with Gasteiger partial charge in [-0.25, -0.2) is 5.43 Å². The molecule has 0 saturated heterocycles. The lowest BCUT2D eigenvalue weighted by Gasteiger charge is -2.19. The Hall–Kier alpha value is -1.28. The minimum absolute atomic E-state index is 0.205. The first-order valence-corrected chi connectivity index (χ1v) is 7.58. The van der Waals surface area contributed by atoms with Gasteiger partial charge in [0.05, 0.1) is 28.6 Å². The summed E-state index contributed by atoms with van der Waals surface area (Å²) in [6.45, 7) is 3.66. The van der Waals surface area contributed by atoms with Crippen LogP contribution in [0.5, 0.6) is 0 Å². The summed E-state index contributed by atoms with van der Waals surface area (Å²) in [7, 11) is 4.08. The lowest BCUT2D eigenvalue weighted by Crippen LogP contribution is -2.32. The predicted octanol–water partition coefficient (Wildman–Crippen LogP) is 1.46. The van der Waals surface area contributed by atoms with Gasteiger partial charge in [-0.2, -0.15) is 5.10 Å². The molecule has 2 rings (SSSR count). The van der Waals surface area contributed by atoms with Crippen LogP contribution in [0.15, 0.2) is 28.9 Å². The lowest BCUT2D eigenvalue weighted by molar-refractivity contribution is 0.365. The fourth-order valence-corrected chi connectivity index (χ4v) is 2.69. The molecule has 1 unspecified atom stereocenters. The summed E-state index contributed by atoms with van der Waals surface area (Å²) < 4.78 is 2.88. The van der Waals surface area contributed by atoms with Gasteiger partial charge in [-0.3, -0.25) is 15.5 Å². The number of pyridine rings is 1. The summed E-state index contributed by atoms with van der Waals surface area (Å²) in [5.41, 5.74) is 5.67. The Morgan fingerprint density at radius 3 is 2.81 bits per heavy atom. The van der Waals surface area contributed by atoms with Crippen LogP contribution in [0.4, 0.5) is 0 Å². The monoisotopic (exact) mass is 352 g/mol. The molecule has 0 aliphatic rings. The molecule has 2 heterocycles. The molecule has 0 fully saturated rings. The lowest BCUT2D eigenvalue weighted by atomic mass is 10.1. The standard InChI is InChI=1S/C14H21BrN6/c1-10-5-4-6-12(18-10)13(19-16)14-11(15)9-17-21(14)8-7-20(2)3/h4-6,9,13,19H,7-8,16H2,1-3H3. The molecule has 21 heavy (non-hydrogen) atoms. The third-order valence-corrected chi connectivity index (χ3v) is 3.85. The molecule has 0 bridgehead atoms. The third-order valence-electron chi connectivity index (χ3n) is 3.24. The van der Waals surface area contributed by atoms with Crippen LogP contribution in [-0.4, -0.2) is 40.3 Å². The van der Waals surface area contributed by atoms with Gasteiger partial charge in [0.25, 0.3) is 0 Å². The molecule has 1 atom stereocenters. The van der Waals surface area contributed by atoms with E-state index in [0.29, 0.717) is 0 Å². The molecule has 0 amide bonds. The van der Waals surface area contributed by atoms with Crippen LogP contribution >= 0.6 is 15.9 Å². The van der Waals surface area contributed by atoms with Gasteiger partial charge in [-0.05, 0) is 49.1 Å². The highest BCUT2D eigenvalue weighted by atomic mass is 79.9. The first-order valence-electron chi connectivity index (χ1n) is 6.78. The Morgan fingerprint density at radius 1 is 1.43 bits per heavy atom. The van der Waals surface area contributed by atoms with E-state index in [1.54, 1.807) is 6.20 Å². The summed E-state index contributed by atoms with van der Waals surface area (Å²) in [5, 5.41) is 4.42. The highest BCUT2D eigenvalue weighted by Crippen LogP contribution is 2.27. The first-order chi connectivity index (χ1) is 10.0. The fraction of sp³-hybridized carbons (Fsp3) is 0.429. The SMILES string of the molecule is Cc1cccc(C(NN)c2c(Br)cnn2CCN(C)C)n1. The zero-order valence-corrected chi connectivity index (χ0v) is 14.1. The van der Waals surface area contributed by atoms with Gasteiger partial charge in [0.1, 0.15) is 6.04 Å². The summed E-state index contributed by atoms with van der Waals surface area (Å²) in [6, 6.07) is 5.71. The highest BCUT2D eigenvalue weighted by Gasteiger charge is 2.22. The van der Waals surface area contributed by atoms with Crippen molar-refractivity contribution in [1.29, 1.82) is 0 Å². The van der Waals surface area contributed by atoms with Gasteiger partial charge in [0, 0.05) is 12.2 Å². The van der Waals surface area contributed by atoms with Crippen LogP contribution in [0.3, 0.4) is 0 Å². The van der Waals surface area contributed by atoms with Crippen molar-refractivity contribution in [2.24, 2.45) is 5.84 Å². The van der Waals surface area contributed by atoms with E-state index in [-0.39, 0.29) is 6.04 Å². The van der Waals surface area contributed by atoms with Gasteiger partial charge in [0.15, 0.2) is 0 Å². The van der Waals surface area contributed by atoms with Crippen LogP contribution in [0, 0.1) is 6.92 Å². The van der Waals surface area contributed by atoms with Crippen LogP contribution in [0.25, 0.3) is 0 Å². The topological polar surface area (TPSA) is 72.0 Å². The number of nitrogens with two attached hydrogens (primary N) is 1. The second-order valence-electron chi connectivity index (χ2n) is 5.21. The second kappa shape index (κ2) is 7.13. The fourth-order valence-electron chi connectivity index (χ4n) is 2.16. The Labute approximate surface area is 133 Å². The maximum atomic E-state index is 5.78. The zero-order chi connectivity index (χ0) is 15.4. The van der Waals surface area contributed by atoms with Crippen molar-refractivity contribution in [3.8, 4) is 0 Å². The summed E-state index contributed by atoms with van der Waals surface area (Å²) in [5.74, 6) is 5.78. The maximum Gasteiger partial charge on any atom is 0.106 e. The molecule has 0 aliphatic carbocycles. The molecular formula is C14H21BrN6. The molecule has 0 aliphatic heterocycles. The van der Waals surface area contributed by atoms with Crippen molar-refractivity contribution in [2.45, 2.75) is 19.5 Å². The molecule has 0 radical (unpaired) electrons. The Kier molecular flexibility index (Phi) is 5.46. The Bertz CT molecular complexity index is 595. The van der Waals surface area contributed by atoms with Gasteiger partial charge in [0.2, 0.25) is 0 Å². The van der Waals surface area contributed by atoms with E-state index < -0.39 is 0 Å². The van der Waals surface area contributed by atoms with Crippen LogP contribution < -0.4 is 11.3 Å². The number of hydrogen-bond acceptors (Lipinski definition) is 5. The van der Waals surface area contributed by atoms with Gasteiger partial charge >= 0.3 is 0 Å². The quantitative estimate of drug-likeness (QED) is 0.608. The maximum absolute atomic E-state index is 5.78. The average Bonchev–Trinajstić information content (AvgIpc) is 2.79. The molecule has 0 spiro atoms. The van der Waals surface area contributed by atoms with E-state index in [1.807, 2.05) is 43.9 Å². The van der Waals surface area contributed by atoms with E-state index in [2.05, 4.69) is 36.3 Å². The number of hydrogen-bond donors (Lipinski definition) is 2. The number of nitrogens with one attached hydrogen (secondary N) is 1. The minimum Gasteiger partial charge on any atom is -0.308 e. The number of rotatable bonds is 6. The molecule has 0 saturated carbocycles. The summed E-state index contributed by atoms with van der Waals surface area (Å²) >= 11 is 3.56. The normalized spacial score (nSPS) is 12.9. The number of aromatic nitrogens is 3. The molecule has 114 valence electrons. The Balaban J connectivity index is 2.35. The predicted molar refractivity (Wildman–Crippen MR) is 86.6 cm³/mol. The second-order valence-corrected chi connectivity index (χ2v) is 6.06. The molecule has 3 N–H and O–H groups in total. The molecule has 0 aromatic carbocycles. The molecule has 2 aromatic heterocycles. The molecular weight excluding hydrogens is 332 g/mol. The van der Waals surface area contributed by atoms with Crippen molar-refractivity contribution < 1.29 is 0 Å². The summed E-state index contributed by atoms with van der Waals surface area (Å²) in [6.07, 6.45) is 1.80. The van der Waals surface area contributed by atoms with Crippen molar-refractivity contribution >= 4 is 15.9 Å². The van der Waals surface area contributed by atoms with E-state index in [4.69, 9.17) is 5.84 Å². The first kappa shape index (κ1) is 16.1. The third kappa shape index (κ3) is 3.88. The largest absolute Gasteiger partial charge is 0.308 e. The number of likely N-dealkylation sites (N-methyl/N-ethyl adjacent to an activating group) is 1. The smallest absolute Gasteiger partial charge is 0.106 e. The Morgan fingerprint density at radius 2 is 2.19 bits per heavy atom. The molecule has 6 nitrogen and oxygen atoms in total. The van der Waals surface area contributed by atoms with Gasteiger partial charge in [-0.15, -0.1) is 0 Å². The van der Waals surface area contributed by atoms with Gasteiger partial charge in [-0.1, -0.05) is 6.07 Å². The average molecular weight is 353 g/mol. The van der Waals surface area contributed by atoms with E-state index >= 15 is 0 Å². The number of halogens is 1. The van der Waals surface area contributed by atoms with Crippen molar-refractivity contribution in [3.63, 3.8) is 0 Å². The number of nitrogens with zero attached hydrogens (tertiary/aromatic N) is 4. The van der Waals surface area contributed by atoms with Crippen molar-refractivity contribution in [1.82, 2.24) is 25.1 Å². The van der Waals surface area contributed by atoms with Crippen LogP contribution in [0.1, 0.15) is 23.1 Å². The minimum atomic E-state index is -0.205. The van der Waals surface area contributed by atoms with E-state index in [1.165, 1.54) is 0 Å². The van der Waals surface area contributed by atoms with E-state index in [0.717, 1.165) is 34.6 Å². The van der Waals surface area contributed by atoms with Crippen LogP contribution in [-0.2, 0) is 6.54 Å². The van der Waals surface area contributed by atoms with Crippen molar-refractivity contribution in [2.75, 3.05) is 20.6 Å². The van der Waals surface area contributed by atoms with E-state index in [9.17, 15) is 0 Å². The number of hydrazine groups is 1. The highest BCUT2D eigenvalue weighted by molar-refractivity contribution is 9.10. The molecule has 2 aromatic rings. The summed E-state index contributed by atoms with van der Waals surface area (Å²) in [4.78, 5) is 6.68. The molecule has 7 heteroatoms. The van der Waals surface area contributed by atoms with Crippen LogP contribution in [0.2, 0.25) is 0 Å². The number of aryl methyl sites for hydroxylation is 1. The van der Waals surface area contributed by atoms with Gasteiger partial charge < -0.3 is 4.90 Å². The van der Waals surface area contributed by atoms with Crippen molar-refractivity contribution in [3.05, 3.63) is 46.0 Å².